The van der Waals surface area contributed by atoms with Crippen LogP contribution in [-0.2, 0) is 4.74 Å². The first kappa shape index (κ1) is 15.9. The first-order valence-electron chi connectivity index (χ1n) is 8.20. The van der Waals surface area contributed by atoms with Crippen molar-refractivity contribution in [1.29, 1.82) is 0 Å². The third-order valence-electron chi connectivity index (χ3n) is 4.08. The van der Waals surface area contributed by atoms with Gasteiger partial charge in [0.15, 0.2) is 6.10 Å². The van der Waals surface area contributed by atoms with E-state index in [1.807, 2.05) is 54.6 Å². The number of rotatable bonds is 2. The molecule has 1 aromatic heterocycles. The van der Waals surface area contributed by atoms with E-state index in [4.69, 9.17) is 4.74 Å². The molecule has 0 bridgehead atoms. The maximum Gasteiger partial charge on any atom is 0.408 e. The fourth-order valence-electron chi connectivity index (χ4n) is 2.85. The van der Waals surface area contributed by atoms with Gasteiger partial charge >= 0.3 is 6.09 Å². The Morgan fingerprint density at radius 2 is 1.77 bits per heavy atom. The molecule has 1 N–H and O–H groups in total. The smallest absolute Gasteiger partial charge is 0.408 e. The van der Waals surface area contributed by atoms with E-state index < -0.39 is 12.2 Å². The Labute approximate surface area is 151 Å². The number of aromatic nitrogens is 2. The van der Waals surface area contributed by atoms with Crippen LogP contribution in [0.3, 0.4) is 0 Å². The highest BCUT2D eigenvalue weighted by atomic mass is 16.6. The number of carbonyl (C=O) groups is 1. The number of amides is 1. The first-order valence-corrected chi connectivity index (χ1v) is 8.20. The Morgan fingerprint density at radius 3 is 2.58 bits per heavy atom. The van der Waals surface area contributed by atoms with E-state index in [2.05, 4.69) is 27.1 Å². The molecule has 0 unspecified atom stereocenters. The summed E-state index contributed by atoms with van der Waals surface area (Å²) in [5.41, 5.74) is 3.40. The van der Waals surface area contributed by atoms with Crippen molar-refractivity contribution in [3.05, 3.63) is 95.6 Å². The molecule has 1 aliphatic heterocycles. The van der Waals surface area contributed by atoms with Gasteiger partial charge in [0.2, 0.25) is 0 Å². The molecule has 0 spiro atoms. The summed E-state index contributed by atoms with van der Waals surface area (Å²) in [4.78, 5) is 19.9. The summed E-state index contributed by atoms with van der Waals surface area (Å²) in [6.45, 7) is 0. The summed E-state index contributed by atoms with van der Waals surface area (Å²) in [5.74, 6) is 6.30. The second-order valence-corrected chi connectivity index (χ2v) is 5.82. The molecule has 5 heteroatoms. The normalized spacial score (nSPS) is 18.4. The van der Waals surface area contributed by atoms with E-state index in [0.29, 0.717) is 5.69 Å². The highest BCUT2D eigenvalue weighted by Crippen LogP contribution is 2.35. The topological polar surface area (TPSA) is 64.1 Å². The molecule has 126 valence electrons. The predicted octanol–water partition coefficient (Wildman–Crippen LogP) is 3.40. The molecule has 2 atom stereocenters. The zero-order valence-electron chi connectivity index (χ0n) is 13.8. The van der Waals surface area contributed by atoms with E-state index in [0.717, 1.165) is 16.7 Å². The van der Waals surface area contributed by atoms with Gasteiger partial charge in [0.1, 0.15) is 12.4 Å². The summed E-state index contributed by atoms with van der Waals surface area (Å²) in [6.07, 6.45) is 2.12. The third-order valence-corrected chi connectivity index (χ3v) is 4.08. The molecular formula is C21H15N3O2. The Kier molecular flexibility index (Phi) is 4.31. The van der Waals surface area contributed by atoms with Crippen LogP contribution in [0.1, 0.15) is 34.5 Å². The van der Waals surface area contributed by atoms with Crippen LogP contribution in [0.4, 0.5) is 4.79 Å². The lowest BCUT2D eigenvalue weighted by molar-refractivity contribution is 0.129. The largest absolute Gasteiger partial charge is 0.437 e. The van der Waals surface area contributed by atoms with Crippen molar-refractivity contribution in [3.63, 3.8) is 0 Å². The molecule has 5 nitrogen and oxygen atoms in total. The third kappa shape index (κ3) is 3.40. The zero-order valence-corrected chi connectivity index (χ0v) is 13.8. The highest BCUT2D eigenvalue weighted by molar-refractivity contribution is 5.71. The van der Waals surface area contributed by atoms with Crippen LogP contribution in [-0.4, -0.2) is 16.1 Å². The minimum absolute atomic E-state index is 0.323. The molecule has 1 amide bonds. The number of ether oxygens (including phenoxy) is 1. The fraction of sp³-hybridized carbons (Fsp3) is 0.0952. The van der Waals surface area contributed by atoms with E-state index in [9.17, 15) is 4.79 Å². The standard InChI is InChI=1S/C21H15N3O2/c25-21-24-19(20(26-21)18-11-12-22-14-23-18)17-8-4-7-16(13-17)10-9-15-5-2-1-3-6-15/h1-8,11-14,19-20H,(H,24,25)/t19-,20-/m0/s1. The molecular weight excluding hydrogens is 326 g/mol. The predicted molar refractivity (Wildman–Crippen MR) is 96.0 cm³/mol. The molecule has 1 fully saturated rings. The Bertz CT molecular complexity index is 978. The van der Waals surface area contributed by atoms with Crippen molar-refractivity contribution < 1.29 is 9.53 Å². The van der Waals surface area contributed by atoms with Crippen molar-refractivity contribution in [1.82, 2.24) is 15.3 Å². The molecule has 1 aliphatic rings. The molecule has 0 aliphatic carbocycles. The van der Waals surface area contributed by atoms with Gasteiger partial charge < -0.3 is 10.1 Å². The Hall–Kier alpha value is -3.65. The molecule has 0 radical (unpaired) electrons. The van der Waals surface area contributed by atoms with Crippen LogP contribution in [0, 0.1) is 11.8 Å². The molecule has 1 saturated heterocycles. The maximum atomic E-state index is 11.8. The number of benzene rings is 2. The van der Waals surface area contributed by atoms with E-state index in [1.165, 1.54) is 6.33 Å². The number of cyclic esters (lactones) is 1. The molecule has 2 heterocycles. The monoisotopic (exact) mass is 341 g/mol. The minimum atomic E-state index is -0.497. The van der Waals surface area contributed by atoms with Crippen LogP contribution < -0.4 is 5.32 Å². The lowest BCUT2D eigenvalue weighted by Gasteiger charge is -2.16. The van der Waals surface area contributed by atoms with Gasteiger partial charge in [-0.05, 0) is 35.9 Å². The van der Waals surface area contributed by atoms with Gasteiger partial charge in [-0.15, -0.1) is 0 Å². The van der Waals surface area contributed by atoms with Gasteiger partial charge in [-0.3, -0.25) is 0 Å². The molecule has 0 saturated carbocycles. The van der Waals surface area contributed by atoms with Crippen LogP contribution in [0.5, 0.6) is 0 Å². The van der Waals surface area contributed by atoms with Gasteiger partial charge in [0, 0.05) is 17.3 Å². The second-order valence-electron chi connectivity index (χ2n) is 5.82. The van der Waals surface area contributed by atoms with Crippen molar-refractivity contribution in [2.24, 2.45) is 0 Å². The van der Waals surface area contributed by atoms with Gasteiger partial charge in [0.05, 0.1) is 5.69 Å². The Balaban J connectivity index is 1.63. The van der Waals surface area contributed by atoms with Crippen LogP contribution in [0.15, 0.2) is 73.2 Å². The van der Waals surface area contributed by atoms with Crippen molar-refractivity contribution >= 4 is 6.09 Å². The lowest BCUT2D eigenvalue weighted by atomic mass is 9.98. The summed E-state index contributed by atoms with van der Waals surface area (Å²) in [5, 5.41) is 2.85. The van der Waals surface area contributed by atoms with Gasteiger partial charge in [-0.25, -0.2) is 14.8 Å². The van der Waals surface area contributed by atoms with E-state index in [1.54, 1.807) is 12.3 Å². The van der Waals surface area contributed by atoms with Crippen molar-refractivity contribution in [2.75, 3.05) is 0 Å². The van der Waals surface area contributed by atoms with Crippen molar-refractivity contribution in [3.8, 4) is 11.8 Å². The fourth-order valence-corrected chi connectivity index (χ4v) is 2.85. The van der Waals surface area contributed by atoms with Crippen molar-refractivity contribution in [2.45, 2.75) is 12.1 Å². The quantitative estimate of drug-likeness (QED) is 0.726. The van der Waals surface area contributed by atoms with E-state index in [-0.39, 0.29) is 6.04 Å². The summed E-state index contributed by atoms with van der Waals surface area (Å²) in [7, 11) is 0. The number of hydrogen-bond donors (Lipinski definition) is 1. The maximum absolute atomic E-state index is 11.8. The summed E-state index contributed by atoms with van der Waals surface area (Å²) < 4.78 is 5.41. The van der Waals surface area contributed by atoms with Crippen LogP contribution in [0.2, 0.25) is 0 Å². The molecule has 2 aromatic carbocycles. The second kappa shape index (κ2) is 7.08. The number of alkyl carbamates (subject to hydrolysis) is 1. The average molecular weight is 341 g/mol. The highest BCUT2D eigenvalue weighted by Gasteiger charge is 2.37. The summed E-state index contributed by atoms with van der Waals surface area (Å²) in [6, 6.07) is 19.0. The lowest BCUT2D eigenvalue weighted by Crippen LogP contribution is -2.20. The number of nitrogens with one attached hydrogen (secondary N) is 1. The number of carbonyl (C=O) groups excluding carboxylic acids is 1. The first-order chi connectivity index (χ1) is 12.8. The zero-order chi connectivity index (χ0) is 17.8. The SMILES string of the molecule is O=C1N[C@@H](c2cccc(C#Cc3ccccc3)c2)[C@H](c2ccncn2)O1. The van der Waals surface area contributed by atoms with Gasteiger partial charge in [-0.2, -0.15) is 0 Å². The molecule has 3 aromatic rings. The van der Waals surface area contributed by atoms with Crippen LogP contribution >= 0.6 is 0 Å². The Morgan fingerprint density at radius 1 is 0.962 bits per heavy atom. The average Bonchev–Trinajstić information content (AvgIpc) is 3.10. The molecule has 26 heavy (non-hydrogen) atoms. The van der Waals surface area contributed by atoms with Gasteiger partial charge in [-0.1, -0.05) is 42.2 Å². The van der Waals surface area contributed by atoms with Gasteiger partial charge in [0.25, 0.3) is 0 Å². The number of nitrogens with zero attached hydrogens (tertiary/aromatic N) is 2. The molecule has 4 rings (SSSR count). The minimum Gasteiger partial charge on any atom is -0.437 e. The van der Waals surface area contributed by atoms with E-state index >= 15 is 0 Å². The summed E-state index contributed by atoms with van der Waals surface area (Å²) >= 11 is 0. The van der Waals surface area contributed by atoms with Crippen LogP contribution in [0.25, 0.3) is 0 Å². The number of hydrogen-bond acceptors (Lipinski definition) is 4.